The summed E-state index contributed by atoms with van der Waals surface area (Å²) >= 11 is 2.11. The van der Waals surface area contributed by atoms with Gasteiger partial charge < -0.3 is 31.5 Å². The fourth-order valence-electron chi connectivity index (χ4n) is 4.00. The second-order valence-corrected chi connectivity index (χ2v) is 12.9. The second-order valence-electron chi connectivity index (χ2n) is 11.0. The molecule has 4 heterocycles. The van der Waals surface area contributed by atoms with Gasteiger partial charge in [-0.2, -0.15) is 9.36 Å². The van der Waals surface area contributed by atoms with E-state index >= 15 is 0 Å². The van der Waals surface area contributed by atoms with E-state index in [4.69, 9.17) is 21.0 Å². The van der Waals surface area contributed by atoms with E-state index in [1.807, 2.05) is 0 Å². The van der Waals surface area contributed by atoms with Crippen molar-refractivity contribution in [2.45, 2.75) is 63.8 Å². The first-order valence-corrected chi connectivity index (χ1v) is 14.4. The fraction of sp³-hybridized carbons (Fsp3) is 0.500. The van der Waals surface area contributed by atoms with Crippen molar-refractivity contribution in [1.29, 1.82) is 0 Å². The van der Waals surface area contributed by atoms with Gasteiger partial charge in [0.15, 0.2) is 23.7 Å². The maximum absolute atomic E-state index is 13.4. The van der Waals surface area contributed by atoms with Gasteiger partial charge in [0, 0.05) is 22.9 Å². The molecule has 16 nitrogen and oxygen atoms in total. The first-order valence-electron chi connectivity index (χ1n) is 12.6. The molecule has 18 heteroatoms. The largest absolute Gasteiger partial charge is 0.477 e. The average molecular weight is 623 g/mol. The highest BCUT2D eigenvalue weighted by atomic mass is 32.2. The van der Waals surface area contributed by atoms with E-state index in [9.17, 15) is 24.3 Å². The van der Waals surface area contributed by atoms with Gasteiger partial charge >= 0.3 is 11.9 Å². The lowest BCUT2D eigenvalue weighted by atomic mass is 10.0. The molecule has 226 valence electrons. The molecule has 1 fully saturated rings. The molecule has 2 amide bonds. The molecule has 42 heavy (non-hydrogen) atoms. The van der Waals surface area contributed by atoms with Crippen molar-refractivity contribution < 1.29 is 38.5 Å². The van der Waals surface area contributed by atoms with E-state index in [1.165, 1.54) is 25.6 Å². The summed E-state index contributed by atoms with van der Waals surface area (Å²) in [6, 6.07) is 0.611. The van der Waals surface area contributed by atoms with Gasteiger partial charge in [0.1, 0.15) is 22.7 Å². The zero-order valence-electron chi connectivity index (χ0n) is 23.8. The number of anilines is 2. The Bertz CT molecular complexity index is 1510. The smallest absolute Gasteiger partial charge is 0.353 e. The third kappa shape index (κ3) is 6.18. The van der Waals surface area contributed by atoms with Crippen LogP contribution in [0, 0.1) is 0 Å². The third-order valence-electron chi connectivity index (χ3n) is 6.19. The van der Waals surface area contributed by atoms with Crippen molar-refractivity contribution in [3.05, 3.63) is 29.4 Å². The normalized spacial score (nSPS) is 19.2. The van der Waals surface area contributed by atoms with Crippen LogP contribution in [0.25, 0.3) is 0 Å². The predicted molar refractivity (Wildman–Crippen MR) is 152 cm³/mol. The number of carboxylic acid groups (broad SMARTS) is 1. The number of nitrogen functional groups attached to an aromatic ring is 2. The molecule has 0 aromatic carbocycles. The second kappa shape index (κ2) is 11.2. The van der Waals surface area contributed by atoms with Gasteiger partial charge in [-0.3, -0.25) is 14.5 Å². The number of carbonyl (C=O) groups is 4. The van der Waals surface area contributed by atoms with Gasteiger partial charge in [0.25, 0.3) is 11.8 Å². The van der Waals surface area contributed by atoms with Crippen LogP contribution in [0.5, 0.6) is 0 Å². The van der Waals surface area contributed by atoms with E-state index < -0.39 is 52.1 Å². The Morgan fingerprint density at radius 1 is 1.26 bits per heavy atom. The van der Waals surface area contributed by atoms with Crippen molar-refractivity contribution in [2.24, 2.45) is 12.2 Å². The zero-order valence-corrected chi connectivity index (χ0v) is 25.4. The molecule has 2 atom stereocenters. The number of nitrogens with zero attached hydrogens (tertiary/aromatic N) is 6. The molecule has 2 aliphatic rings. The minimum absolute atomic E-state index is 0.0484. The Labute approximate surface area is 248 Å². The van der Waals surface area contributed by atoms with Gasteiger partial charge in [0.05, 0.1) is 13.1 Å². The van der Waals surface area contributed by atoms with Crippen LogP contribution < -0.4 is 21.5 Å². The summed E-state index contributed by atoms with van der Waals surface area (Å²) < 4.78 is 12.8. The predicted octanol–water partition coefficient (Wildman–Crippen LogP) is -0.392. The SMILES string of the molecule is Cn1c(N)cc[n+]1CC1=C(C(=O)O)N2C(=O)[C@@H](NC(=O)C(=NOC(C)(C)C(=O)OC(C)(C)C)c3nsc(N)n3)[C@H]2SC1. The van der Waals surface area contributed by atoms with Crippen LogP contribution in [-0.2, 0) is 42.3 Å². The molecule has 0 radical (unpaired) electrons. The highest BCUT2D eigenvalue weighted by Gasteiger charge is 2.55. The summed E-state index contributed by atoms with van der Waals surface area (Å²) in [4.78, 5) is 62.0. The average Bonchev–Trinajstić information content (AvgIpc) is 3.46. The van der Waals surface area contributed by atoms with Crippen molar-refractivity contribution in [3.8, 4) is 0 Å². The molecule has 0 aliphatic carbocycles. The lowest BCUT2D eigenvalue weighted by Crippen LogP contribution is -2.71. The summed E-state index contributed by atoms with van der Waals surface area (Å²) in [6.07, 6.45) is 1.71. The summed E-state index contributed by atoms with van der Waals surface area (Å²) in [5, 5.41) is 15.8. The van der Waals surface area contributed by atoms with Crippen molar-refractivity contribution in [3.63, 3.8) is 0 Å². The molecule has 0 bridgehead atoms. The van der Waals surface area contributed by atoms with Crippen LogP contribution in [0.4, 0.5) is 10.9 Å². The number of hydrogen-bond acceptors (Lipinski definition) is 13. The quantitative estimate of drug-likeness (QED) is 0.0923. The number of aliphatic carboxylic acids is 1. The Balaban J connectivity index is 1.55. The Hall–Kier alpha value is -4.19. The molecule has 0 saturated carbocycles. The molecule has 4 rings (SSSR count). The Kier molecular flexibility index (Phi) is 8.23. The monoisotopic (exact) mass is 622 g/mol. The molecule has 2 aromatic rings. The van der Waals surface area contributed by atoms with E-state index in [1.54, 1.807) is 49.4 Å². The molecule has 0 unspecified atom stereocenters. The molecule has 1 saturated heterocycles. The van der Waals surface area contributed by atoms with Crippen LogP contribution in [0.1, 0.15) is 40.4 Å². The topological polar surface area (TPSA) is 221 Å². The van der Waals surface area contributed by atoms with Gasteiger partial charge in [-0.15, -0.1) is 21.1 Å². The Morgan fingerprint density at radius 3 is 2.50 bits per heavy atom. The number of esters is 1. The standard InChI is InChI=1S/C24H31N9O7S2/c1-23(2,3)39-21(38)24(4,5)40-29-13(16-28-22(26)42-30-16)17(34)27-14-18(35)33-15(20(36)37)11(10-41-19(14)33)9-32-8-7-12(25)31(32)6/h7-8,14,19,25H,9-10H2,1-6H3,(H4,26,27,28,30,34,36,37)/p+1/t14-,19-/m1/s1. The molecular formula is C24H32N9O7S2+. The lowest BCUT2D eigenvalue weighted by molar-refractivity contribution is -0.765. The van der Waals surface area contributed by atoms with Gasteiger partial charge in [-0.25, -0.2) is 9.59 Å². The number of fused-ring (bicyclic) bond motifs is 1. The van der Waals surface area contributed by atoms with Crippen molar-refractivity contribution >= 4 is 63.7 Å². The summed E-state index contributed by atoms with van der Waals surface area (Å²) in [6.45, 7) is 8.10. The Morgan fingerprint density at radius 2 is 1.95 bits per heavy atom. The molecule has 6 N–H and O–H groups in total. The first kappa shape index (κ1) is 30.8. The zero-order chi connectivity index (χ0) is 31.1. The number of nitrogens with one attached hydrogen (secondary N) is 1. The minimum atomic E-state index is -1.60. The number of nitrogens with two attached hydrogens (primary N) is 2. The lowest BCUT2D eigenvalue weighted by Gasteiger charge is -2.49. The highest BCUT2D eigenvalue weighted by Crippen LogP contribution is 2.40. The molecule has 0 spiro atoms. The number of ether oxygens (including phenoxy) is 1. The van der Waals surface area contributed by atoms with E-state index in [-0.39, 0.29) is 23.2 Å². The van der Waals surface area contributed by atoms with Crippen LogP contribution in [0.2, 0.25) is 0 Å². The molecular weight excluding hydrogens is 590 g/mol. The highest BCUT2D eigenvalue weighted by molar-refractivity contribution is 8.00. The van der Waals surface area contributed by atoms with Crippen molar-refractivity contribution in [2.75, 3.05) is 17.2 Å². The van der Waals surface area contributed by atoms with Gasteiger partial charge in [-0.1, -0.05) is 5.16 Å². The maximum atomic E-state index is 13.4. The number of aromatic nitrogens is 4. The summed E-state index contributed by atoms with van der Waals surface area (Å²) in [5.41, 5.74) is 9.12. The number of β-lactam (4-membered cyclic amide) rings is 1. The third-order valence-corrected chi connectivity index (χ3v) is 8.07. The number of oxime groups is 1. The summed E-state index contributed by atoms with van der Waals surface area (Å²) in [7, 11) is 1.73. The van der Waals surface area contributed by atoms with Crippen LogP contribution >= 0.6 is 23.3 Å². The number of amides is 2. The number of carbonyl (C=O) groups excluding carboxylic acids is 3. The van der Waals surface area contributed by atoms with Gasteiger partial charge in [0.2, 0.25) is 17.1 Å². The number of thioether (sulfide) groups is 1. The number of carboxylic acids is 1. The fourth-order valence-corrected chi connectivity index (χ4v) is 5.77. The maximum Gasteiger partial charge on any atom is 0.353 e. The van der Waals surface area contributed by atoms with Crippen molar-refractivity contribution in [1.82, 2.24) is 24.3 Å². The van der Waals surface area contributed by atoms with Crippen LogP contribution in [0.3, 0.4) is 0 Å². The first-order chi connectivity index (χ1) is 19.5. The minimum Gasteiger partial charge on any atom is -0.477 e. The molecule has 2 aliphatic heterocycles. The van der Waals surface area contributed by atoms with Gasteiger partial charge in [-0.05, 0) is 34.6 Å². The van der Waals surface area contributed by atoms with Crippen LogP contribution in [0.15, 0.2) is 28.7 Å². The van der Waals surface area contributed by atoms with E-state index in [0.717, 1.165) is 16.4 Å². The van der Waals surface area contributed by atoms with E-state index in [2.05, 4.69) is 19.8 Å². The number of hydrogen-bond donors (Lipinski definition) is 4. The summed E-state index contributed by atoms with van der Waals surface area (Å²) in [5.74, 6) is -2.89. The van der Waals surface area contributed by atoms with E-state index in [0.29, 0.717) is 17.1 Å². The van der Waals surface area contributed by atoms with Crippen LogP contribution in [-0.4, -0.2) is 81.9 Å². The number of rotatable bonds is 9. The molecule has 2 aromatic heterocycles.